The number of anilines is 2. The number of benzene rings is 1. The van der Waals surface area contributed by atoms with Crippen LogP contribution in [-0.2, 0) is 4.74 Å². The first-order valence-corrected chi connectivity index (χ1v) is 8.94. The third-order valence-electron chi connectivity index (χ3n) is 3.98. The average molecular weight is 376 g/mol. The van der Waals surface area contributed by atoms with E-state index in [-0.39, 0.29) is 5.91 Å². The Kier molecular flexibility index (Phi) is 6.38. The first-order chi connectivity index (χ1) is 12.6. The number of nitrogens with zero attached hydrogens (tertiary/aromatic N) is 3. The Morgan fingerprint density at radius 3 is 2.85 bits per heavy atom. The number of hydrogen-bond donors (Lipinski definition) is 2. The minimum absolute atomic E-state index is 0.210. The van der Waals surface area contributed by atoms with Crippen molar-refractivity contribution in [3.8, 4) is 0 Å². The van der Waals surface area contributed by atoms with Gasteiger partial charge < -0.3 is 15.4 Å². The number of aromatic nitrogens is 2. The summed E-state index contributed by atoms with van der Waals surface area (Å²) in [4.78, 5) is 23.2. The monoisotopic (exact) mass is 375 g/mol. The fourth-order valence-electron chi connectivity index (χ4n) is 2.71. The average Bonchev–Trinajstić information content (AvgIpc) is 2.62. The lowest BCUT2D eigenvalue weighted by molar-refractivity contribution is 0.0383. The Morgan fingerprint density at radius 1 is 1.27 bits per heavy atom. The van der Waals surface area contributed by atoms with Gasteiger partial charge in [-0.15, -0.1) is 0 Å². The molecular formula is C18H22ClN5O2. The van der Waals surface area contributed by atoms with E-state index in [4.69, 9.17) is 16.3 Å². The highest BCUT2D eigenvalue weighted by atomic mass is 35.5. The molecule has 0 spiro atoms. The van der Waals surface area contributed by atoms with Crippen molar-refractivity contribution in [2.24, 2.45) is 0 Å². The molecule has 1 aliphatic rings. The van der Waals surface area contributed by atoms with Gasteiger partial charge in [0.25, 0.3) is 5.91 Å². The van der Waals surface area contributed by atoms with Crippen molar-refractivity contribution in [3.05, 3.63) is 46.9 Å². The van der Waals surface area contributed by atoms with Gasteiger partial charge in [-0.25, -0.2) is 9.97 Å². The number of rotatable bonds is 6. The third kappa shape index (κ3) is 5.39. The molecule has 1 fully saturated rings. The van der Waals surface area contributed by atoms with Gasteiger partial charge in [0.05, 0.1) is 13.2 Å². The summed E-state index contributed by atoms with van der Waals surface area (Å²) >= 11 is 6.00. The standard InChI is InChI=1S/C18H22ClN5O2/c1-13-21-16(18(25)20-5-6-24-7-9-26-10-8-24)12-17(22-13)23-15-4-2-3-14(19)11-15/h2-4,11-12H,5-10H2,1H3,(H,20,25)(H,21,22,23). The van der Waals surface area contributed by atoms with Gasteiger partial charge in [-0.05, 0) is 25.1 Å². The molecule has 0 atom stereocenters. The molecular weight excluding hydrogens is 354 g/mol. The first kappa shape index (κ1) is 18.6. The predicted molar refractivity (Wildman–Crippen MR) is 101 cm³/mol. The van der Waals surface area contributed by atoms with Crippen molar-refractivity contribution in [1.29, 1.82) is 0 Å². The van der Waals surface area contributed by atoms with Crippen molar-refractivity contribution in [3.63, 3.8) is 0 Å². The van der Waals surface area contributed by atoms with Crippen LogP contribution in [0.25, 0.3) is 0 Å². The molecule has 7 nitrogen and oxygen atoms in total. The van der Waals surface area contributed by atoms with Crippen molar-refractivity contribution >= 4 is 29.0 Å². The second-order valence-corrected chi connectivity index (χ2v) is 6.47. The number of amides is 1. The number of carbonyl (C=O) groups is 1. The summed E-state index contributed by atoms with van der Waals surface area (Å²) in [5.41, 5.74) is 1.14. The van der Waals surface area contributed by atoms with Crippen LogP contribution in [0.5, 0.6) is 0 Å². The van der Waals surface area contributed by atoms with Gasteiger partial charge in [-0.2, -0.15) is 0 Å². The maximum absolute atomic E-state index is 12.4. The summed E-state index contributed by atoms with van der Waals surface area (Å²) in [5, 5.41) is 6.69. The van der Waals surface area contributed by atoms with Crippen LogP contribution in [0.4, 0.5) is 11.5 Å². The lowest BCUT2D eigenvalue weighted by atomic mass is 10.3. The summed E-state index contributed by atoms with van der Waals surface area (Å²) in [6, 6.07) is 8.95. The summed E-state index contributed by atoms with van der Waals surface area (Å²) in [6.45, 7) is 6.42. The van der Waals surface area contributed by atoms with Gasteiger partial charge >= 0.3 is 0 Å². The number of ether oxygens (including phenoxy) is 1. The Labute approximate surface area is 157 Å². The minimum Gasteiger partial charge on any atom is -0.379 e. The van der Waals surface area contributed by atoms with Crippen molar-refractivity contribution in [2.45, 2.75) is 6.92 Å². The molecule has 0 saturated carbocycles. The molecule has 1 aromatic carbocycles. The second kappa shape index (κ2) is 8.93. The maximum Gasteiger partial charge on any atom is 0.270 e. The van der Waals surface area contributed by atoms with Gasteiger partial charge in [0.15, 0.2) is 0 Å². The molecule has 1 aromatic heterocycles. The van der Waals surface area contributed by atoms with E-state index in [0.717, 1.165) is 38.5 Å². The summed E-state index contributed by atoms with van der Waals surface area (Å²) in [5.74, 6) is 0.867. The lowest BCUT2D eigenvalue weighted by Crippen LogP contribution is -2.41. The number of hydrogen-bond acceptors (Lipinski definition) is 6. The Balaban J connectivity index is 1.60. The molecule has 3 rings (SSSR count). The molecule has 26 heavy (non-hydrogen) atoms. The van der Waals surface area contributed by atoms with E-state index in [9.17, 15) is 4.79 Å². The lowest BCUT2D eigenvalue weighted by Gasteiger charge is -2.26. The van der Waals surface area contributed by atoms with Crippen LogP contribution < -0.4 is 10.6 Å². The number of halogens is 1. The normalized spacial score (nSPS) is 14.8. The van der Waals surface area contributed by atoms with Crippen LogP contribution in [0.15, 0.2) is 30.3 Å². The minimum atomic E-state index is -0.210. The smallest absolute Gasteiger partial charge is 0.270 e. The number of aryl methyl sites for hydroxylation is 1. The van der Waals surface area contributed by atoms with Crippen LogP contribution in [0, 0.1) is 6.92 Å². The van der Waals surface area contributed by atoms with E-state index < -0.39 is 0 Å². The quantitative estimate of drug-likeness (QED) is 0.806. The van der Waals surface area contributed by atoms with Crippen LogP contribution in [0.2, 0.25) is 5.02 Å². The molecule has 2 N–H and O–H groups in total. The van der Waals surface area contributed by atoms with Gasteiger partial charge in [0.1, 0.15) is 17.3 Å². The molecule has 0 aliphatic carbocycles. The molecule has 0 unspecified atom stereocenters. The fraction of sp³-hybridized carbons (Fsp3) is 0.389. The number of morpholine rings is 1. The Morgan fingerprint density at radius 2 is 2.08 bits per heavy atom. The van der Waals surface area contributed by atoms with E-state index in [0.29, 0.717) is 28.9 Å². The summed E-state index contributed by atoms with van der Waals surface area (Å²) in [7, 11) is 0. The maximum atomic E-state index is 12.4. The second-order valence-electron chi connectivity index (χ2n) is 6.03. The molecule has 0 radical (unpaired) electrons. The van der Waals surface area contributed by atoms with Gasteiger partial charge in [0.2, 0.25) is 0 Å². The summed E-state index contributed by atoms with van der Waals surface area (Å²) < 4.78 is 5.32. The van der Waals surface area contributed by atoms with E-state index in [1.54, 1.807) is 25.1 Å². The molecule has 2 heterocycles. The molecule has 0 bridgehead atoms. The molecule has 2 aromatic rings. The van der Waals surface area contributed by atoms with Crippen molar-refractivity contribution in [1.82, 2.24) is 20.2 Å². The van der Waals surface area contributed by atoms with E-state index >= 15 is 0 Å². The molecule has 1 saturated heterocycles. The van der Waals surface area contributed by atoms with E-state index in [1.807, 2.05) is 12.1 Å². The van der Waals surface area contributed by atoms with Crippen molar-refractivity contribution < 1.29 is 9.53 Å². The zero-order valence-electron chi connectivity index (χ0n) is 14.7. The highest BCUT2D eigenvalue weighted by Gasteiger charge is 2.13. The van der Waals surface area contributed by atoms with Gasteiger partial charge in [-0.1, -0.05) is 17.7 Å². The highest BCUT2D eigenvalue weighted by molar-refractivity contribution is 6.30. The van der Waals surface area contributed by atoms with Crippen LogP contribution in [0.3, 0.4) is 0 Å². The highest BCUT2D eigenvalue weighted by Crippen LogP contribution is 2.19. The van der Waals surface area contributed by atoms with E-state index in [2.05, 4.69) is 25.5 Å². The molecule has 8 heteroatoms. The predicted octanol–water partition coefficient (Wildman–Crippen LogP) is 2.24. The third-order valence-corrected chi connectivity index (χ3v) is 4.22. The zero-order valence-corrected chi connectivity index (χ0v) is 15.4. The number of carbonyl (C=O) groups excluding carboxylic acids is 1. The summed E-state index contributed by atoms with van der Waals surface area (Å²) in [6.07, 6.45) is 0. The van der Waals surface area contributed by atoms with Crippen LogP contribution in [-0.4, -0.2) is 60.2 Å². The Bertz CT molecular complexity index is 765. The van der Waals surface area contributed by atoms with Gasteiger partial charge in [-0.3, -0.25) is 9.69 Å². The van der Waals surface area contributed by atoms with Gasteiger partial charge in [0, 0.05) is 43.0 Å². The zero-order chi connectivity index (χ0) is 18.4. The largest absolute Gasteiger partial charge is 0.379 e. The molecule has 1 aliphatic heterocycles. The molecule has 1 amide bonds. The van der Waals surface area contributed by atoms with Crippen LogP contribution >= 0.6 is 11.6 Å². The molecule has 138 valence electrons. The van der Waals surface area contributed by atoms with E-state index in [1.165, 1.54) is 0 Å². The SMILES string of the molecule is Cc1nc(Nc2cccc(Cl)c2)cc(C(=O)NCCN2CCOCC2)n1. The Hall–Kier alpha value is -2.22. The first-order valence-electron chi connectivity index (χ1n) is 8.57. The van der Waals surface area contributed by atoms with Crippen molar-refractivity contribution in [2.75, 3.05) is 44.7 Å². The number of nitrogens with one attached hydrogen (secondary N) is 2. The fourth-order valence-corrected chi connectivity index (χ4v) is 2.90. The van der Waals surface area contributed by atoms with Crippen LogP contribution in [0.1, 0.15) is 16.3 Å². The topological polar surface area (TPSA) is 79.4 Å².